The molecule has 1 aromatic heterocycles. The van der Waals surface area contributed by atoms with Gasteiger partial charge in [-0.25, -0.2) is 0 Å². The molecule has 0 fully saturated rings. The molecule has 0 radical (unpaired) electrons. The number of hydrogen-bond acceptors (Lipinski definition) is 5. The van der Waals surface area contributed by atoms with Crippen LogP contribution < -0.4 is 10.1 Å². The first-order valence-electron chi connectivity index (χ1n) is 8.82. The zero-order valence-electron chi connectivity index (χ0n) is 15.0. The van der Waals surface area contributed by atoms with Gasteiger partial charge in [-0.15, -0.1) is 10.2 Å². The summed E-state index contributed by atoms with van der Waals surface area (Å²) in [5, 5.41) is 11.7. The number of fused-ring (bicyclic) bond motifs is 1. The maximum absolute atomic E-state index is 12.3. The minimum absolute atomic E-state index is 0.0535. The van der Waals surface area contributed by atoms with Crippen molar-refractivity contribution in [3.05, 3.63) is 59.9 Å². The lowest BCUT2D eigenvalue weighted by Crippen LogP contribution is -2.14. The van der Waals surface area contributed by atoms with Gasteiger partial charge in [0.05, 0.1) is 12.9 Å². The number of nitrogens with zero attached hydrogens (tertiary/aromatic N) is 3. The average molecular weight is 380 g/mol. The van der Waals surface area contributed by atoms with Crippen LogP contribution in [0.3, 0.4) is 0 Å². The van der Waals surface area contributed by atoms with Crippen molar-refractivity contribution in [3.63, 3.8) is 0 Å². The molecule has 0 spiro atoms. The number of methoxy groups -OCH3 is 1. The highest BCUT2D eigenvalue weighted by Gasteiger charge is 2.13. The molecule has 3 aromatic rings. The van der Waals surface area contributed by atoms with Crippen molar-refractivity contribution in [2.24, 2.45) is 0 Å². The molecular weight excluding hydrogens is 360 g/mol. The number of carbonyl (C=O) groups excluding carboxylic acids is 1. The van der Waals surface area contributed by atoms with Crippen LogP contribution in [0.1, 0.15) is 17.5 Å². The summed E-state index contributed by atoms with van der Waals surface area (Å²) in [5.74, 6) is 1.00. The van der Waals surface area contributed by atoms with Gasteiger partial charge < -0.3 is 10.1 Å². The predicted molar refractivity (Wildman–Crippen MR) is 106 cm³/mol. The Kier molecular flexibility index (Phi) is 5.11. The van der Waals surface area contributed by atoms with E-state index in [9.17, 15) is 4.79 Å². The van der Waals surface area contributed by atoms with Gasteiger partial charge in [-0.05, 0) is 66.8 Å². The lowest BCUT2D eigenvalue weighted by atomic mass is 10.1. The van der Waals surface area contributed by atoms with E-state index in [4.69, 9.17) is 4.74 Å². The zero-order valence-corrected chi connectivity index (χ0v) is 15.8. The minimum Gasteiger partial charge on any atom is -0.497 e. The molecule has 1 amide bonds. The molecule has 1 aliphatic rings. The maximum atomic E-state index is 12.3. The zero-order chi connectivity index (χ0) is 18.6. The van der Waals surface area contributed by atoms with Crippen molar-refractivity contribution >= 4 is 23.4 Å². The van der Waals surface area contributed by atoms with Gasteiger partial charge in [0.15, 0.2) is 5.16 Å². The molecule has 0 aliphatic heterocycles. The number of amides is 1. The number of thioether (sulfide) groups is 1. The molecule has 138 valence electrons. The molecule has 4 rings (SSSR count). The molecule has 0 saturated carbocycles. The van der Waals surface area contributed by atoms with Gasteiger partial charge in [-0.2, -0.15) is 0 Å². The maximum Gasteiger partial charge on any atom is 0.234 e. The van der Waals surface area contributed by atoms with Crippen molar-refractivity contribution < 1.29 is 9.53 Å². The Labute approximate surface area is 162 Å². The van der Waals surface area contributed by atoms with Gasteiger partial charge in [0.2, 0.25) is 5.91 Å². The Balaban J connectivity index is 1.39. The van der Waals surface area contributed by atoms with Crippen LogP contribution in [0.4, 0.5) is 5.69 Å². The minimum atomic E-state index is -0.0535. The number of carbonyl (C=O) groups is 1. The van der Waals surface area contributed by atoms with E-state index in [1.54, 1.807) is 13.4 Å². The Morgan fingerprint density at radius 2 is 2.00 bits per heavy atom. The normalized spacial score (nSPS) is 12.6. The molecule has 2 aromatic carbocycles. The quantitative estimate of drug-likeness (QED) is 0.663. The van der Waals surface area contributed by atoms with Gasteiger partial charge in [-0.1, -0.05) is 17.8 Å². The summed E-state index contributed by atoms with van der Waals surface area (Å²) < 4.78 is 7.04. The largest absolute Gasteiger partial charge is 0.497 e. The number of aryl methyl sites for hydroxylation is 2. The third-order valence-electron chi connectivity index (χ3n) is 4.58. The molecular formula is C20H20N4O2S. The summed E-state index contributed by atoms with van der Waals surface area (Å²) in [6, 6.07) is 13.8. The second-order valence-corrected chi connectivity index (χ2v) is 7.30. The first kappa shape index (κ1) is 17.6. The number of benzene rings is 2. The lowest BCUT2D eigenvalue weighted by Gasteiger charge is -2.09. The van der Waals surface area contributed by atoms with Gasteiger partial charge in [-0.3, -0.25) is 9.36 Å². The Morgan fingerprint density at radius 3 is 2.81 bits per heavy atom. The summed E-state index contributed by atoms with van der Waals surface area (Å²) in [6.07, 6.45) is 5.07. The van der Waals surface area contributed by atoms with E-state index in [0.717, 1.165) is 30.0 Å². The Hall–Kier alpha value is -2.80. The number of aromatic nitrogens is 3. The standard InChI is InChI=1S/C20H20N4O2S/c1-26-18-9-7-17(8-10-18)24-13-21-23-20(24)27-12-19(25)22-16-6-5-14-3-2-4-15(14)11-16/h5-11,13H,2-4,12H2,1H3,(H,22,25). The van der Waals surface area contributed by atoms with Crippen LogP contribution in [-0.4, -0.2) is 33.5 Å². The highest BCUT2D eigenvalue weighted by molar-refractivity contribution is 7.99. The third-order valence-corrected chi connectivity index (χ3v) is 5.52. The second-order valence-electron chi connectivity index (χ2n) is 6.36. The smallest absolute Gasteiger partial charge is 0.234 e. The molecule has 0 saturated heterocycles. The van der Waals surface area contributed by atoms with Crippen LogP contribution >= 0.6 is 11.8 Å². The molecule has 1 aliphatic carbocycles. The first-order valence-corrected chi connectivity index (χ1v) is 9.80. The van der Waals surface area contributed by atoms with E-state index < -0.39 is 0 Å². The van der Waals surface area contributed by atoms with Crippen molar-refractivity contribution in [2.45, 2.75) is 24.4 Å². The summed E-state index contributed by atoms with van der Waals surface area (Å²) in [7, 11) is 1.63. The Bertz CT molecular complexity index is 953. The van der Waals surface area contributed by atoms with Crippen LogP contribution in [0, 0.1) is 0 Å². The number of rotatable bonds is 6. The molecule has 0 atom stereocenters. The van der Waals surface area contributed by atoms with Gasteiger partial charge in [0.25, 0.3) is 0 Å². The lowest BCUT2D eigenvalue weighted by molar-refractivity contribution is -0.113. The molecule has 1 heterocycles. The highest BCUT2D eigenvalue weighted by Crippen LogP contribution is 2.25. The fourth-order valence-electron chi connectivity index (χ4n) is 3.22. The fourth-order valence-corrected chi connectivity index (χ4v) is 3.95. The Morgan fingerprint density at radius 1 is 1.19 bits per heavy atom. The molecule has 27 heavy (non-hydrogen) atoms. The number of hydrogen-bond donors (Lipinski definition) is 1. The monoisotopic (exact) mass is 380 g/mol. The summed E-state index contributed by atoms with van der Waals surface area (Å²) in [5.41, 5.74) is 4.52. The van der Waals surface area contributed by atoms with Crippen LogP contribution in [0.25, 0.3) is 5.69 Å². The first-order chi connectivity index (χ1) is 13.2. The predicted octanol–water partition coefficient (Wildman–Crippen LogP) is 3.50. The van der Waals surface area contributed by atoms with Crippen LogP contribution in [-0.2, 0) is 17.6 Å². The van der Waals surface area contributed by atoms with Crippen molar-refractivity contribution in [3.8, 4) is 11.4 Å². The van der Waals surface area contributed by atoms with Crippen molar-refractivity contribution in [1.29, 1.82) is 0 Å². The second kappa shape index (κ2) is 7.84. The number of nitrogens with one attached hydrogen (secondary N) is 1. The van der Waals surface area contributed by atoms with E-state index in [2.05, 4.69) is 27.6 Å². The van der Waals surface area contributed by atoms with Gasteiger partial charge >= 0.3 is 0 Å². The molecule has 0 bridgehead atoms. The summed E-state index contributed by atoms with van der Waals surface area (Å²) in [6.45, 7) is 0. The topological polar surface area (TPSA) is 69.0 Å². The number of anilines is 1. The fraction of sp³-hybridized carbons (Fsp3) is 0.250. The number of ether oxygens (including phenoxy) is 1. The summed E-state index contributed by atoms with van der Waals surface area (Å²) in [4.78, 5) is 12.3. The van der Waals surface area contributed by atoms with E-state index in [1.807, 2.05) is 34.9 Å². The average Bonchev–Trinajstić information content (AvgIpc) is 3.35. The van der Waals surface area contributed by atoms with Crippen molar-refractivity contribution in [2.75, 3.05) is 18.2 Å². The highest BCUT2D eigenvalue weighted by atomic mass is 32.2. The van der Waals surface area contributed by atoms with Crippen LogP contribution in [0.2, 0.25) is 0 Å². The van der Waals surface area contributed by atoms with Crippen molar-refractivity contribution in [1.82, 2.24) is 14.8 Å². The SMILES string of the molecule is COc1ccc(-n2cnnc2SCC(=O)Nc2ccc3c(c2)CCC3)cc1. The summed E-state index contributed by atoms with van der Waals surface area (Å²) >= 11 is 1.36. The van der Waals surface area contributed by atoms with Gasteiger partial charge in [0.1, 0.15) is 12.1 Å². The van der Waals surface area contributed by atoms with E-state index in [-0.39, 0.29) is 11.7 Å². The third kappa shape index (κ3) is 3.98. The molecule has 7 heteroatoms. The van der Waals surface area contributed by atoms with Crippen LogP contribution in [0.15, 0.2) is 53.9 Å². The van der Waals surface area contributed by atoms with Crippen LogP contribution in [0.5, 0.6) is 5.75 Å². The molecule has 0 unspecified atom stereocenters. The molecule has 6 nitrogen and oxygen atoms in total. The van der Waals surface area contributed by atoms with E-state index in [0.29, 0.717) is 5.16 Å². The van der Waals surface area contributed by atoms with E-state index in [1.165, 1.54) is 29.3 Å². The van der Waals surface area contributed by atoms with Gasteiger partial charge in [0, 0.05) is 11.4 Å². The molecule has 1 N–H and O–H groups in total. The van der Waals surface area contributed by atoms with E-state index >= 15 is 0 Å².